The Morgan fingerprint density at radius 2 is 2.05 bits per heavy atom. The minimum atomic E-state index is -0.464. The van der Waals surface area contributed by atoms with Crippen LogP contribution in [0.4, 0.5) is 11.5 Å². The summed E-state index contributed by atoms with van der Waals surface area (Å²) in [5.41, 5.74) is 2.80. The van der Waals surface area contributed by atoms with Crippen molar-refractivity contribution in [3.63, 3.8) is 0 Å². The van der Waals surface area contributed by atoms with Gasteiger partial charge in [-0.15, -0.1) is 0 Å². The van der Waals surface area contributed by atoms with E-state index in [1.807, 2.05) is 0 Å². The van der Waals surface area contributed by atoms with Gasteiger partial charge < -0.3 is 10.7 Å². The maximum atomic E-state index is 12.0. The first-order chi connectivity index (χ1) is 9.10. The van der Waals surface area contributed by atoms with E-state index in [1.54, 1.807) is 18.2 Å². The zero-order valence-corrected chi connectivity index (χ0v) is 11.0. The predicted molar refractivity (Wildman–Crippen MR) is 74.3 cm³/mol. The molecular formula is C11H9Cl2N5O. The number of halogens is 2. The van der Waals surface area contributed by atoms with Gasteiger partial charge >= 0.3 is 0 Å². The fourth-order valence-electron chi connectivity index (χ4n) is 1.32. The van der Waals surface area contributed by atoms with E-state index in [0.29, 0.717) is 15.7 Å². The Morgan fingerprint density at radius 1 is 1.26 bits per heavy atom. The van der Waals surface area contributed by atoms with Gasteiger partial charge in [-0.3, -0.25) is 9.78 Å². The molecule has 0 unspecified atom stereocenters. The minimum absolute atomic E-state index is 0.103. The third-order valence-corrected chi connectivity index (χ3v) is 2.76. The number of rotatable bonds is 3. The van der Waals surface area contributed by atoms with Crippen molar-refractivity contribution in [1.29, 1.82) is 0 Å². The van der Waals surface area contributed by atoms with Gasteiger partial charge in [-0.25, -0.2) is 10.8 Å². The van der Waals surface area contributed by atoms with E-state index < -0.39 is 5.91 Å². The van der Waals surface area contributed by atoms with Crippen LogP contribution in [-0.4, -0.2) is 15.9 Å². The Morgan fingerprint density at radius 3 is 2.79 bits per heavy atom. The molecule has 1 amide bonds. The average molecular weight is 298 g/mol. The summed E-state index contributed by atoms with van der Waals surface area (Å²) >= 11 is 11.8. The number of hydrogen-bond acceptors (Lipinski definition) is 5. The second-order valence-electron chi connectivity index (χ2n) is 3.51. The van der Waals surface area contributed by atoms with Crippen LogP contribution in [0.1, 0.15) is 10.5 Å². The Labute approximate surface area is 118 Å². The van der Waals surface area contributed by atoms with E-state index in [9.17, 15) is 4.79 Å². The number of carbonyl (C=O) groups is 1. The van der Waals surface area contributed by atoms with Crippen LogP contribution in [0, 0.1) is 0 Å². The van der Waals surface area contributed by atoms with Gasteiger partial charge in [0.15, 0.2) is 5.82 Å². The summed E-state index contributed by atoms with van der Waals surface area (Å²) in [7, 11) is 0. The van der Waals surface area contributed by atoms with Crippen molar-refractivity contribution in [2.45, 2.75) is 0 Å². The highest BCUT2D eigenvalue weighted by Crippen LogP contribution is 2.25. The van der Waals surface area contributed by atoms with Gasteiger partial charge in [0.05, 0.1) is 23.1 Å². The number of nitrogens with two attached hydrogens (primary N) is 1. The lowest BCUT2D eigenvalue weighted by molar-refractivity contribution is 0.102. The highest BCUT2D eigenvalue weighted by molar-refractivity contribution is 6.35. The fourth-order valence-corrected chi connectivity index (χ4v) is 1.66. The lowest BCUT2D eigenvalue weighted by Crippen LogP contribution is -2.16. The molecule has 2 rings (SSSR count). The summed E-state index contributed by atoms with van der Waals surface area (Å²) < 4.78 is 0. The molecule has 2 aromatic rings. The third-order valence-electron chi connectivity index (χ3n) is 2.19. The molecule has 1 aromatic carbocycles. The number of anilines is 2. The van der Waals surface area contributed by atoms with Gasteiger partial charge in [-0.05, 0) is 18.2 Å². The number of hydrogen-bond donors (Lipinski definition) is 3. The van der Waals surface area contributed by atoms with Crippen LogP contribution in [0.3, 0.4) is 0 Å². The van der Waals surface area contributed by atoms with Crippen molar-refractivity contribution < 1.29 is 4.79 Å². The monoisotopic (exact) mass is 297 g/mol. The number of amides is 1. The summed E-state index contributed by atoms with van der Waals surface area (Å²) in [5.74, 6) is 5.01. The van der Waals surface area contributed by atoms with Gasteiger partial charge in [0, 0.05) is 5.02 Å². The molecule has 4 N–H and O–H groups in total. The zero-order valence-electron chi connectivity index (χ0n) is 9.52. The molecule has 8 heteroatoms. The number of nitrogens with zero attached hydrogens (tertiary/aromatic N) is 2. The number of nitrogens with one attached hydrogen (secondary N) is 2. The molecule has 0 saturated carbocycles. The largest absolute Gasteiger partial charge is 0.319 e. The van der Waals surface area contributed by atoms with E-state index in [4.69, 9.17) is 29.0 Å². The van der Waals surface area contributed by atoms with Gasteiger partial charge in [0.25, 0.3) is 5.91 Å². The summed E-state index contributed by atoms with van der Waals surface area (Å²) in [6.45, 7) is 0. The molecule has 0 bridgehead atoms. The van der Waals surface area contributed by atoms with E-state index >= 15 is 0 Å². The van der Waals surface area contributed by atoms with E-state index in [0.717, 1.165) is 0 Å². The van der Waals surface area contributed by atoms with E-state index in [1.165, 1.54) is 12.4 Å². The van der Waals surface area contributed by atoms with Crippen LogP contribution < -0.4 is 16.6 Å². The van der Waals surface area contributed by atoms with Crippen molar-refractivity contribution in [3.05, 3.63) is 46.3 Å². The molecule has 0 spiro atoms. The topological polar surface area (TPSA) is 92.9 Å². The van der Waals surface area contributed by atoms with Crippen LogP contribution in [0.5, 0.6) is 0 Å². The predicted octanol–water partition coefficient (Wildman–Crippen LogP) is 2.32. The molecule has 0 fully saturated rings. The molecule has 0 aliphatic rings. The first-order valence-electron chi connectivity index (χ1n) is 5.15. The highest BCUT2D eigenvalue weighted by Gasteiger charge is 2.11. The minimum Gasteiger partial charge on any atom is -0.319 e. The normalized spacial score (nSPS) is 10.1. The standard InChI is InChI=1S/C11H9Cl2N5O/c12-6-1-2-7(13)8(3-6)17-11(19)9-4-15-5-10(16-9)18-14/h1-5H,14H2,(H,16,18)(H,17,19). The summed E-state index contributed by atoms with van der Waals surface area (Å²) in [5, 5.41) is 3.43. The molecule has 0 saturated heterocycles. The maximum Gasteiger partial charge on any atom is 0.275 e. The van der Waals surface area contributed by atoms with Gasteiger partial charge in [0.2, 0.25) is 0 Å². The van der Waals surface area contributed by atoms with Gasteiger partial charge in [-0.1, -0.05) is 23.2 Å². The lowest BCUT2D eigenvalue weighted by Gasteiger charge is -2.07. The molecule has 6 nitrogen and oxygen atoms in total. The first kappa shape index (κ1) is 13.5. The molecule has 1 heterocycles. The van der Waals surface area contributed by atoms with Crippen LogP contribution in [0.2, 0.25) is 10.0 Å². The van der Waals surface area contributed by atoms with Crippen molar-refractivity contribution in [1.82, 2.24) is 9.97 Å². The van der Waals surface area contributed by atoms with Gasteiger partial charge in [-0.2, -0.15) is 0 Å². The van der Waals surface area contributed by atoms with Crippen molar-refractivity contribution in [2.75, 3.05) is 10.7 Å². The molecule has 19 heavy (non-hydrogen) atoms. The highest BCUT2D eigenvalue weighted by atomic mass is 35.5. The zero-order chi connectivity index (χ0) is 13.8. The van der Waals surface area contributed by atoms with Crippen LogP contribution in [0.15, 0.2) is 30.6 Å². The Balaban J connectivity index is 2.22. The Kier molecular flexibility index (Phi) is 4.16. The molecule has 0 aliphatic carbocycles. The molecule has 0 aliphatic heterocycles. The van der Waals surface area contributed by atoms with Crippen molar-refractivity contribution in [3.8, 4) is 0 Å². The maximum absolute atomic E-state index is 12.0. The second kappa shape index (κ2) is 5.83. The number of aromatic nitrogens is 2. The molecule has 98 valence electrons. The lowest BCUT2D eigenvalue weighted by atomic mass is 10.3. The number of benzene rings is 1. The number of nitrogen functional groups attached to an aromatic ring is 1. The molecule has 0 atom stereocenters. The average Bonchev–Trinajstić information content (AvgIpc) is 2.43. The van der Waals surface area contributed by atoms with Crippen LogP contribution in [0.25, 0.3) is 0 Å². The quantitative estimate of drug-likeness (QED) is 0.597. The second-order valence-corrected chi connectivity index (χ2v) is 4.36. The van der Waals surface area contributed by atoms with E-state index in [-0.39, 0.29) is 11.5 Å². The molecular weight excluding hydrogens is 289 g/mol. The summed E-state index contributed by atoms with van der Waals surface area (Å²) in [4.78, 5) is 19.7. The SMILES string of the molecule is NNc1cncc(C(=O)Nc2cc(Cl)ccc2Cl)n1. The third kappa shape index (κ3) is 3.31. The summed E-state index contributed by atoms with van der Waals surface area (Å²) in [6, 6.07) is 4.75. The first-order valence-corrected chi connectivity index (χ1v) is 5.91. The fraction of sp³-hybridized carbons (Fsp3) is 0. The molecule has 1 aromatic heterocycles. The van der Waals surface area contributed by atoms with Crippen molar-refractivity contribution >= 4 is 40.6 Å². The van der Waals surface area contributed by atoms with E-state index in [2.05, 4.69) is 20.7 Å². The smallest absolute Gasteiger partial charge is 0.275 e. The van der Waals surface area contributed by atoms with Crippen LogP contribution >= 0.6 is 23.2 Å². The van der Waals surface area contributed by atoms with Crippen molar-refractivity contribution in [2.24, 2.45) is 5.84 Å². The summed E-state index contributed by atoms with van der Waals surface area (Å²) in [6.07, 6.45) is 2.71. The molecule has 0 radical (unpaired) electrons. The van der Waals surface area contributed by atoms with Crippen LogP contribution in [-0.2, 0) is 0 Å². The Hall–Kier alpha value is -1.89. The van der Waals surface area contributed by atoms with Gasteiger partial charge in [0.1, 0.15) is 5.69 Å². The Bertz CT molecular complexity index is 620. The number of carbonyl (C=O) groups excluding carboxylic acids is 1. The number of hydrazine groups is 1.